The van der Waals surface area contributed by atoms with Crippen LogP contribution in [0.15, 0.2) is 42.7 Å². The van der Waals surface area contributed by atoms with Gasteiger partial charge in [-0.3, -0.25) is 19.9 Å². The first-order valence-electron chi connectivity index (χ1n) is 7.44. The van der Waals surface area contributed by atoms with Crippen molar-refractivity contribution < 1.29 is 14.1 Å². The lowest BCUT2D eigenvalue weighted by atomic mass is 10.1. The number of nitrogens with zero attached hydrogens (tertiary/aromatic N) is 4. The summed E-state index contributed by atoms with van der Waals surface area (Å²) in [5.41, 5.74) is 0.517. The molecule has 0 N–H and O–H groups in total. The van der Waals surface area contributed by atoms with E-state index < -0.39 is 16.6 Å². The lowest BCUT2D eigenvalue weighted by Gasteiger charge is -2.36. The third kappa shape index (κ3) is 3.17. The van der Waals surface area contributed by atoms with Crippen LogP contribution in [-0.2, 0) is 0 Å². The Balaban J connectivity index is 1.68. The number of pyridine rings is 1. The molecule has 1 aromatic heterocycles. The Kier molecular flexibility index (Phi) is 4.37. The fourth-order valence-corrected chi connectivity index (χ4v) is 2.68. The fraction of sp³-hybridized carbons (Fsp3) is 0.250. The molecule has 8 heteroatoms. The Labute approximate surface area is 137 Å². The molecule has 1 saturated heterocycles. The number of nitro benzene ring substituents is 1. The zero-order valence-corrected chi connectivity index (χ0v) is 12.8. The van der Waals surface area contributed by atoms with Gasteiger partial charge in [0.15, 0.2) is 0 Å². The maximum atomic E-state index is 14.0. The molecule has 24 heavy (non-hydrogen) atoms. The number of carbonyl (C=O) groups is 1. The number of halogens is 1. The monoisotopic (exact) mass is 330 g/mol. The maximum Gasteiger partial charge on any atom is 0.272 e. The second kappa shape index (κ2) is 6.61. The second-order valence-corrected chi connectivity index (χ2v) is 5.41. The van der Waals surface area contributed by atoms with Gasteiger partial charge < -0.3 is 9.80 Å². The molecule has 0 aliphatic carbocycles. The number of anilines is 1. The standard InChI is InChI=1S/C16H15FN4O3/c17-15-11-13(21(23)24)1-2-14(15)16(22)20-9-7-19(8-10-20)12-3-5-18-6-4-12/h1-6,11H,7-10H2. The van der Waals surface area contributed by atoms with Gasteiger partial charge in [0, 0.05) is 50.3 Å². The van der Waals surface area contributed by atoms with E-state index in [1.165, 1.54) is 6.07 Å². The number of amides is 1. The summed E-state index contributed by atoms with van der Waals surface area (Å²) in [6.45, 7) is 2.17. The van der Waals surface area contributed by atoms with Gasteiger partial charge in [-0.1, -0.05) is 0 Å². The van der Waals surface area contributed by atoms with E-state index in [9.17, 15) is 19.3 Å². The van der Waals surface area contributed by atoms with Gasteiger partial charge in [-0.25, -0.2) is 4.39 Å². The predicted octanol–water partition coefficient (Wildman–Crippen LogP) is 2.09. The van der Waals surface area contributed by atoms with Crippen molar-refractivity contribution in [3.05, 3.63) is 64.2 Å². The van der Waals surface area contributed by atoms with E-state index in [4.69, 9.17) is 0 Å². The normalized spacial score (nSPS) is 14.5. The summed E-state index contributed by atoms with van der Waals surface area (Å²) in [4.78, 5) is 30.0. The van der Waals surface area contributed by atoms with Gasteiger partial charge in [-0.05, 0) is 18.2 Å². The number of aromatic nitrogens is 1. The zero-order chi connectivity index (χ0) is 17.1. The molecule has 1 aliphatic heterocycles. The molecule has 2 heterocycles. The zero-order valence-electron chi connectivity index (χ0n) is 12.8. The predicted molar refractivity (Wildman–Crippen MR) is 85.4 cm³/mol. The van der Waals surface area contributed by atoms with Gasteiger partial charge in [0.25, 0.3) is 11.6 Å². The molecule has 124 valence electrons. The van der Waals surface area contributed by atoms with Crippen molar-refractivity contribution in [2.24, 2.45) is 0 Å². The Morgan fingerprint density at radius 2 is 1.79 bits per heavy atom. The number of hydrogen-bond donors (Lipinski definition) is 0. The van der Waals surface area contributed by atoms with Gasteiger partial charge in [0.2, 0.25) is 0 Å². The molecule has 0 bridgehead atoms. The van der Waals surface area contributed by atoms with E-state index in [1.54, 1.807) is 17.3 Å². The number of nitro groups is 1. The molecule has 1 aliphatic rings. The van der Waals surface area contributed by atoms with Gasteiger partial charge in [0.05, 0.1) is 16.6 Å². The Morgan fingerprint density at radius 3 is 2.38 bits per heavy atom. The molecule has 0 atom stereocenters. The highest BCUT2D eigenvalue weighted by Gasteiger charge is 2.25. The number of non-ortho nitro benzene ring substituents is 1. The molecule has 1 aromatic carbocycles. The first-order valence-corrected chi connectivity index (χ1v) is 7.44. The van der Waals surface area contributed by atoms with Crippen LogP contribution in [0.1, 0.15) is 10.4 Å². The minimum absolute atomic E-state index is 0.141. The first kappa shape index (κ1) is 15.9. The number of carbonyl (C=O) groups excluding carboxylic acids is 1. The Bertz CT molecular complexity index is 761. The van der Waals surface area contributed by atoms with Crippen LogP contribution >= 0.6 is 0 Å². The molecular formula is C16H15FN4O3. The van der Waals surface area contributed by atoms with Crippen molar-refractivity contribution >= 4 is 17.3 Å². The van der Waals surface area contributed by atoms with Gasteiger partial charge in [0.1, 0.15) is 5.82 Å². The van der Waals surface area contributed by atoms with Crippen LogP contribution in [0.2, 0.25) is 0 Å². The molecule has 1 amide bonds. The van der Waals surface area contributed by atoms with E-state index in [0.717, 1.165) is 17.8 Å². The van der Waals surface area contributed by atoms with E-state index in [0.29, 0.717) is 26.2 Å². The first-order chi connectivity index (χ1) is 11.6. The largest absolute Gasteiger partial charge is 0.368 e. The molecule has 7 nitrogen and oxygen atoms in total. The van der Waals surface area contributed by atoms with E-state index >= 15 is 0 Å². The number of hydrogen-bond acceptors (Lipinski definition) is 5. The summed E-state index contributed by atoms with van der Waals surface area (Å²) in [5, 5.41) is 10.6. The summed E-state index contributed by atoms with van der Waals surface area (Å²) < 4.78 is 14.0. The molecule has 0 radical (unpaired) electrons. The van der Waals surface area contributed by atoms with Crippen LogP contribution < -0.4 is 4.90 Å². The van der Waals surface area contributed by atoms with Crippen LogP contribution in [0.3, 0.4) is 0 Å². The number of benzene rings is 1. The second-order valence-electron chi connectivity index (χ2n) is 5.41. The molecule has 1 fully saturated rings. The highest BCUT2D eigenvalue weighted by molar-refractivity contribution is 5.95. The summed E-state index contributed by atoms with van der Waals surface area (Å²) >= 11 is 0. The lowest BCUT2D eigenvalue weighted by molar-refractivity contribution is -0.385. The molecule has 0 unspecified atom stereocenters. The van der Waals surface area contributed by atoms with Crippen molar-refractivity contribution in [2.75, 3.05) is 31.1 Å². The van der Waals surface area contributed by atoms with Gasteiger partial charge in [-0.2, -0.15) is 0 Å². The van der Waals surface area contributed by atoms with Crippen LogP contribution in [0.4, 0.5) is 15.8 Å². The molecule has 2 aromatic rings. The van der Waals surface area contributed by atoms with Crippen molar-refractivity contribution in [1.82, 2.24) is 9.88 Å². The number of rotatable bonds is 3. The lowest BCUT2D eigenvalue weighted by Crippen LogP contribution is -2.49. The highest BCUT2D eigenvalue weighted by Crippen LogP contribution is 2.20. The van der Waals surface area contributed by atoms with Crippen LogP contribution in [0, 0.1) is 15.9 Å². The minimum atomic E-state index is -0.870. The summed E-state index contributed by atoms with van der Waals surface area (Å²) in [6, 6.07) is 6.88. The van der Waals surface area contributed by atoms with E-state index in [-0.39, 0.29) is 11.3 Å². The number of piperazine rings is 1. The van der Waals surface area contributed by atoms with Gasteiger partial charge >= 0.3 is 0 Å². The maximum absolute atomic E-state index is 14.0. The average molecular weight is 330 g/mol. The summed E-state index contributed by atoms with van der Waals surface area (Å²) in [6.07, 6.45) is 3.41. The van der Waals surface area contributed by atoms with Crippen molar-refractivity contribution in [1.29, 1.82) is 0 Å². The SMILES string of the molecule is O=C(c1ccc([N+](=O)[O-])cc1F)N1CCN(c2ccncc2)CC1. The van der Waals surface area contributed by atoms with E-state index in [1.807, 2.05) is 12.1 Å². The van der Waals surface area contributed by atoms with Crippen molar-refractivity contribution in [3.8, 4) is 0 Å². The fourth-order valence-electron chi connectivity index (χ4n) is 2.68. The molecule has 3 rings (SSSR count). The summed E-state index contributed by atoms with van der Waals surface area (Å²) in [7, 11) is 0. The van der Waals surface area contributed by atoms with Crippen molar-refractivity contribution in [2.45, 2.75) is 0 Å². The van der Waals surface area contributed by atoms with Crippen LogP contribution in [-0.4, -0.2) is 46.9 Å². The van der Waals surface area contributed by atoms with Crippen LogP contribution in [0.5, 0.6) is 0 Å². The molecular weight excluding hydrogens is 315 g/mol. The highest BCUT2D eigenvalue weighted by atomic mass is 19.1. The molecule has 0 saturated carbocycles. The van der Waals surface area contributed by atoms with Crippen LogP contribution in [0.25, 0.3) is 0 Å². The minimum Gasteiger partial charge on any atom is -0.368 e. The summed E-state index contributed by atoms with van der Waals surface area (Å²) in [5.74, 6) is -1.32. The Hall–Kier alpha value is -3.03. The van der Waals surface area contributed by atoms with Crippen molar-refractivity contribution in [3.63, 3.8) is 0 Å². The quantitative estimate of drug-likeness (QED) is 0.636. The smallest absolute Gasteiger partial charge is 0.272 e. The van der Waals surface area contributed by atoms with E-state index in [2.05, 4.69) is 9.88 Å². The van der Waals surface area contributed by atoms with Gasteiger partial charge in [-0.15, -0.1) is 0 Å². The third-order valence-electron chi connectivity index (χ3n) is 3.99. The molecule has 0 spiro atoms. The Morgan fingerprint density at radius 1 is 1.12 bits per heavy atom. The third-order valence-corrected chi connectivity index (χ3v) is 3.99. The topological polar surface area (TPSA) is 79.6 Å². The average Bonchev–Trinajstić information content (AvgIpc) is 2.62.